The second-order valence-corrected chi connectivity index (χ2v) is 4.96. The topological polar surface area (TPSA) is 35.2 Å². The van der Waals surface area contributed by atoms with Crippen LogP contribution < -0.4 is 10.5 Å². The standard InChI is InChI=1S/C16H12Cl2FNO/c17-14-4-1-5-15(18)16(14)21-10-12-6-7-13(19)9-11(12)3-2-8-20/h1,4-7,9H,8,10,20H2. The van der Waals surface area contributed by atoms with Gasteiger partial charge in [0.15, 0.2) is 5.75 Å². The lowest BCUT2D eigenvalue weighted by molar-refractivity contribution is 0.306. The molecule has 5 heteroatoms. The SMILES string of the molecule is NCC#Cc1cc(F)ccc1COc1c(Cl)cccc1Cl. The van der Waals surface area contributed by atoms with Crippen molar-refractivity contribution in [3.05, 3.63) is 63.4 Å². The number of nitrogens with two attached hydrogens (primary N) is 1. The summed E-state index contributed by atoms with van der Waals surface area (Å²) in [5.41, 5.74) is 6.60. The molecule has 0 heterocycles. The van der Waals surface area contributed by atoms with E-state index in [1.54, 1.807) is 24.3 Å². The van der Waals surface area contributed by atoms with Crippen molar-refractivity contribution in [2.24, 2.45) is 5.73 Å². The molecule has 2 aromatic rings. The Labute approximate surface area is 132 Å². The summed E-state index contributed by atoms with van der Waals surface area (Å²) in [6.45, 7) is 0.380. The van der Waals surface area contributed by atoms with Crippen LogP contribution in [0.3, 0.4) is 0 Å². The van der Waals surface area contributed by atoms with Crippen LogP contribution in [0, 0.1) is 17.7 Å². The predicted molar refractivity (Wildman–Crippen MR) is 83.1 cm³/mol. The third-order valence-electron chi connectivity index (χ3n) is 2.69. The summed E-state index contributed by atoms with van der Waals surface area (Å²) in [7, 11) is 0. The van der Waals surface area contributed by atoms with Crippen molar-refractivity contribution >= 4 is 23.2 Å². The summed E-state index contributed by atoms with van der Waals surface area (Å²) in [4.78, 5) is 0. The fraction of sp³-hybridized carbons (Fsp3) is 0.125. The molecule has 2 rings (SSSR count). The number of para-hydroxylation sites is 1. The summed E-state index contributed by atoms with van der Waals surface area (Å²) < 4.78 is 18.9. The smallest absolute Gasteiger partial charge is 0.156 e. The Hall–Kier alpha value is -1.73. The Bertz CT molecular complexity index is 687. The quantitative estimate of drug-likeness (QED) is 0.866. The van der Waals surface area contributed by atoms with E-state index in [0.717, 1.165) is 5.56 Å². The number of hydrogen-bond donors (Lipinski definition) is 1. The van der Waals surface area contributed by atoms with Gasteiger partial charge in [0.2, 0.25) is 0 Å². The maximum atomic E-state index is 13.3. The second-order valence-electron chi connectivity index (χ2n) is 4.15. The molecular weight excluding hydrogens is 312 g/mol. The minimum atomic E-state index is -0.365. The predicted octanol–water partition coefficient (Wildman–Crippen LogP) is 4.02. The molecule has 21 heavy (non-hydrogen) atoms. The van der Waals surface area contributed by atoms with Gasteiger partial charge in [-0.3, -0.25) is 0 Å². The minimum Gasteiger partial charge on any atom is -0.486 e. The van der Waals surface area contributed by atoms with Crippen LogP contribution in [0.2, 0.25) is 10.0 Å². The first-order chi connectivity index (χ1) is 10.1. The molecule has 0 aromatic heterocycles. The zero-order valence-corrected chi connectivity index (χ0v) is 12.5. The highest BCUT2D eigenvalue weighted by molar-refractivity contribution is 6.37. The van der Waals surface area contributed by atoms with Gasteiger partial charge in [-0.1, -0.05) is 47.2 Å². The van der Waals surface area contributed by atoms with Crippen molar-refractivity contribution in [2.75, 3.05) is 6.54 Å². The first-order valence-corrected chi connectivity index (χ1v) is 6.91. The van der Waals surface area contributed by atoms with Gasteiger partial charge in [-0.2, -0.15) is 0 Å². The molecule has 108 valence electrons. The summed E-state index contributed by atoms with van der Waals surface area (Å²) in [5.74, 6) is 5.54. The van der Waals surface area contributed by atoms with Crippen molar-refractivity contribution in [2.45, 2.75) is 6.61 Å². The molecule has 0 atom stereocenters. The van der Waals surface area contributed by atoms with Crippen molar-refractivity contribution < 1.29 is 9.13 Å². The molecule has 0 amide bonds. The van der Waals surface area contributed by atoms with E-state index in [1.807, 2.05) is 0 Å². The summed E-state index contributed by atoms with van der Waals surface area (Å²) in [5, 5.41) is 0.832. The number of halogens is 3. The van der Waals surface area contributed by atoms with Gasteiger partial charge in [-0.05, 0) is 24.3 Å². The molecule has 2 N–H and O–H groups in total. The van der Waals surface area contributed by atoms with Crippen molar-refractivity contribution in [1.82, 2.24) is 0 Å². The summed E-state index contributed by atoms with van der Waals surface area (Å²) in [6, 6.07) is 9.40. The lowest BCUT2D eigenvalue weighted by Crippen LogP contribution is -2.00. The van der Waals surface area contributed by atoms with Gasteiger partial charge in [0.1, 0.15) is 12.4 Å². The molecule has 0 aliphatic heterocycles. The highest BCUT2D eigenvalue weighted by Crippen LogP contribution is 2.33. The van der Waals surface area contributed by atoms with Crippen molar-refractivity contribution in [3.63, 3.8) is 0 Å². The zero-order chi connectivity index (χ0) is 15.2. The molecular formula is C16H12Cl2FNO. The van der Waals surface area contributed by atoms with E-state index in [9.17, 15) is 4.39 Å². The Morgan fingerprint density at radius 2 is 1.86 bits per heavy atom. The summed E-state index contributed by atoms with van der Waals surface area (Å²) >= 11 is 12.1. The van der Waals surface area contributed by atoms with E-state index in [4.69, 9.17) is 33.7 Å². The molecule has 0 unspecified atom stereocenters. The van der Waals surface area contributed by atoms with Crippen LogP contribution in [-0.4, -0.2) is 6.54 Å². The first-order valence-electron chi connectivity index (χ1n) is 6.16. The van der Waals surface area contributed by atoms with Crippen molar-refractivity contribution in [1.29, 1.82) is 0 Å². The molecule has 0 aliphatic carbocycles. The number of rotatable bonds is 3. The maximum absolute atomic E-state index is 13.3. The van der Waals surface area contributed by atoms with Crippen LogP contribution in [0.4, 0.5) is 4.39 Å². The Morgan fingerprint density at radius 1 is 1.14 bits per heavy atom. The second kappa shape index (κ2) is 7.33. The van der Waals surface area contributed by atoms with E-state index >= 15 is 0 Å². The lowest BCUT2D eigenvalue weighted by atomic mass is 10.1. The van der Waals surface area contributed by atoms with E-state index in [0.29, 0.717) is 21.4 Å². The van der Waals surface area contributed by atoms with E-state index in [-0.39, 0.29) is 19.0 Å². The van der Waals surface area contributed by atoms with Crippen LogP contribution in [-0.2, 0) is 6.61 Å². The highest BCUT2D eigenvalue weighted by atomic mass is 35.5. The minimum absolute atomic E-state index is 0.179. The largest absolute Gasteiger partial charge is 0.486 e. The first kappa shape index (κ1) is 15.7. The zero-order valence-electron chi connectivity index (χ0n) is 11.0. The van der Waals surface area contributed by atoms with Gasteiger partial charge in [-0.25, -0.2) is 4.39 Å². The molecule has 0 radical (unpaired) electrons. The molecule has 0 aliphatic rings. The van der Waals surface area contributed by atoms with Crippen LogP contribution in [0.15, 0.2) is 36.4 Å². The van der Waals surface area contributed by atoms with Gasteiger partial charge >= 0.3 is 0 Å². The van der Waals surface area contributed by atoms with E-state index in [2.05, 4.69) is 11.8 Å². The molecule has 0 fully saturated rings. The van der Waals surface area contributed by atoms with E-state index < -0.39 is 0 Å². The fourth-order valence-corrected chi connectivity index (χ4v) is 2.21. The number of hydrogen-bond acceptors (Lipinski definition) is 2. The maximum Gasteiger partial charge on any atom is 0.156 e. The average molecular weight is 324 g/mol. The van der Waals surface area contributed by atoms with Gasteiger partial charge in [0.25, 0.3) is 0 Å². The van der Waals surface area contributed by atoms with Crippen LogP contribution >= 0.6 is 23.2 Å². The van der Waals surface area contributed by atoms with Gasteiger partial charge in [-0.15, -0.1) is 0 Å². The normalized spacial score (nSPS) is 9.90. The molecule has 0 bridgehead atoms. The third-order valence-corrected chi connectivity index (χ3v) is 3.28. The van der Waals surface area contributed by atoms with Crippen LogP contribution in [0.25, 0.3) is 0 Å². The highest BCUT2D eigenvalue weighted by Gasteiger charge is 2.09. The molecule has 2 nitrogen and oxygen atoms in total. The van der Waals surface area contributed by atoms with Gasteiger partial charge in [0, 0.05) is 11.1 Å². The molecule has 2 aromatic carbocycles. The number of benzene rings is 2. The Kier molecular flexibility index (Phi) is 5.46. The molecule has 0 saturated carbocycles. The third kappa shape index (κ3) is 4.12. The van der Waals surface area contributed by atoms with Crippen molar-refractivity contribution in [3.8, 4) is 17.6 Å². The molecule has 0 spiro atoms. The van der Waals surface area contributed by atoms with Crippen LogP contribution in [0.1, 0.15) is 11.1 Å². The van der Waals surface area contributed by atoms with Gasteiger partial charge in [0.05, 0.1) is 16.6 Å². The fourth-order valence-electron chi connectivity index (χ4n) is 1.71. The lowest BCUT2D eigenvalue weighted by Gasteiger charge is -2.11. The molecule has 0 saturated heterocycles. The van der Waals surface area contributed by atoms with Crippen LogP contribution in [0.5, 0.6) is 5.75 Å². The Balaban J connectivity index is 2.24. The Morgan fingerprint density at radius 3 is 2.52 bits per heavy atom. The summed E-state index contributed by atoms with van der Waals surface area (Å²) in [6.07, 6.45) is 0. The van der Waals surface area contributed by atoms with E-state index in [1.165, 1.54) is 12.1 Å². The van der Waals surface area contributed by atoms with Gasteiger partial charge < -0.3 is 10.5 Å². The monoisotopic (exact) mass is 323 g/mol. The number of ether oxygens (including phenoxy) is 1. The average Bonchev–Trinajstić information content (AvgIpc) is 2.46.